The Balaban J connectivity index is 0.839. The number of imide groups is 1. The maximum absolute atomic E-state index is 15.3. The lowest BCUT2D eigenvalue weighted by molar-refractivity contribution is -0.143. The van der Waals surface area contributed by atoms with Crippen LogP contribution in [0.3, 0.4) is 0 Å². The number of ether oxygens (including phenoxy) is 1. The molecular weight excluding hydrogens is 695 g/mol. The number of carbonyl (C=O) groups is 5. The number of nitrogens with zero attached hydrogens (tertiary/aromatic N) is 5. The third-order valence-corrected chi connectivity index (χ3v) is 10.7. The van der Waals surface area contributed by atoms with Crippen molar-refractivity contribution in [3.8, 4) is 0 Å². The van der Waals surface area contributed by atoms with Crippen LogP contribution in [0.5, 0.6) is 0 Å². The minimum absolute atomic E-state index is 0.159. The smallest absolute Gasteiger partial charge is 0.256 e. The van der Waals surface area contributed by atoms with Gasteiger partial charge in [0.2, 0.25) is 11.8 Å². The molecule has 1 unspecified atom stereocenters. The molecule has 3 N–H and O–H groups in total. The number of piperidine rings is 1. The summed E-state index contributed by atoms with van der Waals surface area (Å²) in [6.07, 6.45) is -0.321. The highest BCUT2D eigenvalue weighted by Crippen LogP contribution is 2.32. The maximum Gasteiger partial charge on any atom is 0.256 e. The number of fused-ring (bicyclic) bond motifs is 2. The van der Waals surface area contributed by atoms with Gasteiger partial charge in [0.15, 0.2) is 11.9 Å². The van der Waals surface area contributed by atoms with Crippen molar-refractivity contribution >= 4 is 41.0 Å². The molecule has 0 radical (unpaired) electrons. The molecule has 0 bridgehead atoms. The number of piperazine rings is 1. The van der Waals surface area contributed by atoms with Gasteiger partial charge in [-0.15, -0.1) is 0 Å². The van der Waals surface area contributed by atoms with Gasteiger partial charge in [-0.2, -0.15) is 5.10 Å². The molecule has 2 fully saturated rings. The lowest BCUT2D eigenvalue weighted by Gasteiger charge is -2.36. The topological polar surface area (TPSA) is 160 Å². The van der Waals surface area contributed by atoms with Crippen molar-refractivity contribution in [2.45, 2.75) is 51.2 Å². The van der Waals surface area contributed by atoms with E-state index in [0.29, 0.717) is 68.3 Å². The molecule has 2 atom stereocenters. The number of benzene rings is 3. The summed E-state index contributed by atoms with van der Waals surface area (Å²) in [5, 5.41) is 12.4. The zero-order valence-electron chi connectivity index (χ0n) is 29.6. The summed E-state index contributed by atoms with van der Waals surface area (Å²) in [6.45, 7) is 3.96. The predicted octanol–water partition coefficient (Wildman–Crippen LogP) is 3.11. The van der Waals surface area contributed by atoms with E-state index in [4.69, 9.17) is 4.74 Å². The number of H-pyrrole nitrogens is 1. The molecule has 0 saturated carbocycles. The van der Waals surface area contributed by atoms with Crippen LogP contribution >= 0.6 is 0 Å². The Labute approximate surface area is 310 Å². The van der Waals surface area contributed by atoms with Gasteiger partial charge in [-0.1, -0.05) is 30.3 Å². The van der Waals surface area contributed by atoms with Crippen molar-refractivity contribution < 1.29 is 33.1 Å². The Morgan fingerprint density at radius 1 is 0.981 bits per heavy atom. The fourth-order valence-corrected chi connectivity index (χ4v) is 7.74. The summed E-state index contributed by atoms with van der Waals surface area (Å²) in [4.78, 5) is 71.1. The lowest BCUT2D eigenvalue weighted by Crippen LogP contribution is -2.52. The number of halogens is 1. The average molecular weight is 735 g/mol. The Hall–Kier alpha value is -5.93. The number of hydrogen-bond donors (Lipinski definition) is 3. The Bertz CT molecular complexity index is 2130. The Morgan fingerprint density at radius 3 is 2.46 bits per heavy atom. The monoisotopic (exact) mass is 734 g/mol. The molecule has 3 aromatic carbocycles. The molecule has 5 amide bonds. The largest absolute Gasteiger partial charge is 0.369 e. The average Bonchev–Trinajstić information content (AvgIpc) is 3.86. The molecule has 8 rings (SSSR count). The van der Waals surface area contributed by atoms with Crippen LogP contribution in [0.2, 0.25) is 0 Å². The van der Waals surface area contributed by atoms with Gasteiger partial charge in [-0.05, 0) is 53.9 Å². The number of hydrogen-bond acceptors (Lipinski definition) is 9. The molecule has 4 aromatic rings. The SMILES string of the molecule is CO[C@@H](C(=O)N1Cc2[nH]nc(NC(=O)c3ccc(N4CCN(Cc5cc6c(cc5F)C(=O)N(C5CCC(=O)NC5=O)C6)CC4)cc3)c2C1)c1ccccc1. The van der Waals surface area contributed by atoms with Crippen molar-refractivity contribution in [3.05, 3.63) is 112 Å². The molecule has 278 valence electrons. The normalized spacial score (nSPS) is 19.1. The number of rotatable bonds is 9. The highest BCUT2D eigenvalue weighted by Gasteiger charge is 2.40. The molecule has 4 aliphatic rings. The molecule has 14 nitrogen and oxygen atoms in total. The van der Waals surface area contributed by atoms with Crippen LogP contribution in [0.4, 0.5) is 15.9 Å². The zero-order valence-corrected chi connectivity index (χ0v) is 29.6. The van der Waals surface area contributed by atoms with E-state index in [0.717, 1.165) is 22.5 Å². The van der Waals surface area contributed by atoms with E-state index >= 15 is 4.39 Å². The molecule has 1 aromatic heterocycles. The molecular formula is C39H39FN8O6. The van der Waals surface area contributed by atoms with E-state index < -0.39 is 29.8 Å². The van der Waals surface area contributed by atoms with Crippen molar-refractivity contribution in [1.29, 1.82) is 0 Å². The second-order valence-corrected chi connectivity index (χ2v) is 14.0. The fraction of sp³-hybridized carbons (Fsp3) is 0.333. The first-order valence-corrected chi connectivity index (χ1v) is 17.9. The van der Waals surface area contributed by atoms with Crippen LogP contribution in [0.15, 0.2) is 66.7 Å². The number of aromatic nitrogens is 2. The molecule has 4 aliphatic heterocycles. The summed E-state index contributed by atoms with van der Waals surface area (Å²) in [5.41, 5.74) is 5.14. The van der Waals surface area contributed by atoms with Gasteiger partial charge >= 0.3 is 0 Å². The first-order chi connectivity index (χ1) is 26.2. The Kier molecular flexibility index (Phi) is 9.42. The van der Waals surface area contributed by atoms with Gasteiger partial charge in [0.05, 0.1) is 18.8 Å². The quantitative estimate of drug-likeness (QED) is 0.220. The standard InChI is InChI=1S/C39H39FN8O6/c1-54-34(23-5-3-2-4-6-23)39(53)47-21-29-31(22-47)43-44-35(29)42-36(50)24-7-9-27(10-8-24)46-15-13-45(14-16-46)19-26-17-25-20-48(38(52)28(25)18-30(26)40)32-11-12-33(49)41-37(32)51/h2-10,17-18,32,34H,11-16,19-22H2,1H3,(H,41,49,51)(H2,42,43,44,50)/t32?,34-/m1/s1. The number of nitrogens with one attached hydrogen (secondary N) is 3. The second-order valence-electron chi connectivity index (χ2n) is 14.0. The third kappa shape index (κ3) is 6.71. The van der Waals surface area contributed by atoms with E-state index in [1.54, 1.807) is 23.1 Å². The molecule has 5 heterocycles. The maximum atomic E-state index is 15.3. The van der Waals surface area contributed by atoms with Crippen molar-refractivity contribution in [3.63, 3.8) is 0 Å². The summed E-state index contributed by atoms with van der Waals surface area (Å²) in [7, 11) is 1.51. The van der Waals surface area contributed by atoms with E-state index in [9.17, 15) is 24.0 Å². The number of carbonyl (C=O) groups excluding carboxylic acids is 5. The second kappa shape index (κ2) is 14.5. The van der Waals surface area contributed by atoms with Crippen LogP contribution in [-0.2, 0) is 45.3 Å². The van der Waals surface area contributed by atoms with Crippen LogP contribution < -0.4 is 15.5 Å². The first-order valence-electron chi connectivity index (χ1n) is 17.9. The van der Waals surface area contributed by atoms with E-state index in [-0.39, 0.29) is 42.7 Å². The summed E-state index contributed by atoms with van der Waals surface area (Å²) in [6, 6.07) is 18.9. The predicted molar refractivity (Wildman–Crippen MR) is 193 cm³/mol. The summed E-state index contributed by atoms with van der Waals surface area (Å²) >= 11 is 0. The van der Waals surface area contributed by atoms with Crippen molar-refractivity contribution in [2.75, 3.05) is 43.5 Å². The van der Waals surface area contributed by atoms with Crippen molar-refractivity contribution in [2.24, 2.45) is 0 Å². The van der Waals surface area contributed by atoms with Crippen LogP contribution in [0.1, 0.15) is 67.6 Å². The van der Waals surface area contributed by atoms with Crippen molar-refractivity contribution in [1.82, 2.24) is 30.2 Å². The van der Waals surface area contributed by atoms with Gasteiger partial charge in [0, 0.05) is 80.7 Å². The number of amides is 5. The highest BCUT2D eigenvalue weighted by molar-refractivity contribution is 6.06. The third-order valence-electron chi connectivity index (χ3n) is 10.7. The molecule has 15 heteroatoms. The number of anilines is 2. The van der Waals surface area contributed by atoms with Gasteiger partial charge in [-0.25, -0.2) is 4.39 Å². The molecule has 2 saturated heterocycles. The first kappa shape index (κ1) is 35.1. The van der Waals surface area contributed by atoms with E-state index in [1.165, 1.54) is 18.1 Å². The van der Waals surface area contributed by atoms with Crippen LogP contribution in [-0.4, -0.2) is 93.8 Å². The molecule has 54 heavy (non-hydrogen) atoms. The summed E-state index contributed by atoms with van der Waals surface area (Å²) in [5.74, 6) is -1.81. The lowest BCUT2D eigenvalue weighted by atomic mass is 10.0. The summed E-state index contributed by atoms with van der Waals surface area (Å²) < 4.78 is 20.8. The van der Waals surface area contributed by atoms with Crippen LogP contribution in [0, 0.1) is 5.82 Å². The fourth-order valence-electron chi connectivity index (χ4n) is 7.74. The minimum Gasteiger partial charge on any atom is -0.369 e. The van der Waals surface area contributed by atoms with E-state index in [1.807, 2.05) is 42.5 Å². The minimum atomic E-state index is -0.748. The van der Waals surface area contributed by atoms with Gasteiger partial charge in [0.1, 0.15) is 11.9 Å². The molecule has 0 aliphatic carbocycles. The molecule has 0 spiro atoms. The zero-order chi connectivity index (χ0) is 37.5. The van der Waals surface area contributed by atoms with Gasteiger partial charge in [0.25, 0.3) is 17.7 Å². The Morgan fingerprint density at radius 2 is 1.74 bits per heavy atom. The number of methoxy groups -OCH3 is 1. The number of aromatic amines is 1. The van der Waals surface area contributed by atoms with Gasteiger partial charge < -0.3 is 24.8 Å². The van der Waals surface area contributed by atoms with E-state index in [2.05, 4.69) is 30.6 Å². The van der Waals surface area contributed by atoms with Crippen LogP contribution in [0.25, 0.3) is 0 Å². The van der Waals surface area contributed by atoms with Gasteiger partial charge in [-0.3, -0.25) is 39.3 Å². The highest BCUT2D eigenvalue weighted by atomic mass is 19.1.